The van der Waals surface area contributed by atoms with Crippen LogP contribution in [0, 0.1) is 0 Å². The molecule has 1 rings (SSSR count). The lowest BCUT2D eigenvalue weighted by molar-refractivity contribution is -0.159. The molecule has 0 aromatic heterocycles. The number of carboxylic acid groups (broad SMARTS) is 2. The fourth-order valence-electron chi connectivity index (χ4n) is 2.29. The zero-order chi connectivity index (χ0) is 18.2. The number of aryl methyl sites for hydroxylation is 1. The van der Waals surface area contributed by atoms with Crippen LogP contribution in [0.4, 0.5) is 0 Å². The van der Waals surface area contributed by atoms with Crippen molar-refractivity contribution in [2.45, 2.75) is 51.9 Å². The average Bonchev–Trinajstić information content (AvgIpc) is 2.56. The van der Waals surface area contributed by atoms with Crippen molar-refractivity contribution in [3.05, 3.63) is 35.9 Å². The third-order valence-electron chi connectivity index (χ3n) is 3.67. The molecule has 1 aromatic rings. The number of hydrogen-bond acceptors (Lipinski definition) is 3. The third kappa shape index (κ3) is 13.8. The maximum atomic E-state index is 9.10. The molecule has 0 aliphatic heterocycles. The summed E-state index contributed by atoms with van der Waals surface area (Å²) in [6.07, 6.45) is 9.40. The van der Waals surface area contributed by atoms with E-state index in [4.69, 9.17) is 19.8 Å². The molecule has 0 saturated heterocycles. The summed E-state index contributed by atoms with van der Waals surface area (Å²) in [5, 5.41) is 14.8. The van der Waals surface area contributed by atoms with E-state index in [0.29, 0.717) is 0 Å². The van der Waals surface area contributed by atoms with Gasteiger partial charge in [0, 0.05) is 0 Å². The van der Waals surface area contributed by atoms with Gasteiger partial charge in [0.05, 0.1) is 0 Å². The summed E-state index contributed by atoms with van der Waals surface area (Å²) in [7, 11) is 2.25. The molecule has 2 N–H and O–H groups in total. The van der Waals surface area contributed by atoms with Gasteiger partial charge in [-0.05, 0) is 45.0 Å². The van der Waals surface area contributed by atoms with Crippen LogP contribution < -0.4 is 0 Å². The first-order chi connectivity index (χ1) is 11.5. The van der Waals surface area contributed by atoms with E-state index in [0.717, 1.165) is 0 Å². The molecule has 1 aromatic carbocycles. The minimum absolute atomic E-state index is 1.21. The highest BCUT2D eigenvalue weighted by Crippen LogP contribution is 2.05. The molecule has 0 aliphatic rings. The minimum atomic E-state index is -1.82. The van der Waals surface area contributed by atoms with Crippen molar-refractivity contribution in [2.75, 3.05) is 20.1 Å². The van der Waals surface area contributed by atoms with Gasteiger partial charge in [-0.3, -0.25) is 0 Å². The number of nitrogens with zero attached hydrogens (tertiary/aromatic N) is 1. The van der Waals surface area contributed by atoms with E-state index in [1.165, 1.54) is 63.6 Å². The summed E-state index contributed by atoms with van der Waals surface area (Å²) in [5.41, 5.74) is 1.47. The van der Waals surface area contributed by atoms with Gasteiger partial charge < -0.3 is 15.1 Å². The van der Waals surface area contributed by atoms with Crippen LogP contribution in [0.2, 0.25) is 0 Å². The lowest BCUT2D eigenvalue weighted by Gasteiger charge is -2.16. The van der Waals surface area contributed by atoms with Gasteiger partial charge in [-0.15, -0.1) is 0 Å². The number of rotatable bonds is 10. The van der Waals surface area contributed by atoms with E-state index in [1.807, 2.05) is 0 Å². The van der Waals surface area contributed by atoms with Crippen LogP contribution in [0.25, 0.3) is 0 Å². The number of benzene rings is 1. The first-order valence-corrected chi connectivity index (χ1v) is 8.66. The highest BCUT2D eigenvalue weighted by atomic mass is 16.4. The molecule has 136 valence electrons. The van der Waals surface area contributed by atoms with E-state index in [-0.39, 0.29) is 0 Å². The van der Waals surface area contributed by atoms with Crippen molar-refractivity contribution in [3.63, 3.8) is 0 Å². The van der Waals surface area contributed by atoms with Crippen molar-refractivity contribution >= 4 is 11.9 Å². The minimum Gasteiger partial charge on any atom is -0.473 e. The second kappa shape index (κ2) is 14.7. The van der Waals surface area contributed by atoms with E-state index in [2.05, 4.69) is 49.2 Å². The normalized spacial score (nSPS) is 10.1. The fourth-order valence-corrected chi connectivity index (χ4v) is 2.29. The van der Waals surface area contributed by atoms with Gasteiger partial charge in [0.1, 0.15) is 0 Å². The highest BCUT2D eigenvalue weighted by Gasteiger charge is 2.04. The molecular formula is C19H31NO4. The van der Waals surface area contributed by atoms with Crippen LogP contribution in [0.3, 0.4) is 0 Å². The number of carbonyl (C=O) groups is 2. The molecule has 5 nitrogen and oxygen atoms in total. The Bertz CT molecular complexity index is 436. The predicted molar refractivity (Wildman–Crippen MR) is 96.3 cm³/mol. The van der Waals surface area contributed by atoms with Crippen molar-refractivity contribution in [2.24, 2.45) is 0 Å². The van der Waals surface area contributed by atoms with Crippen molar-refractivity contribution in [1.82, 2.24) is 4.90 Å². The first-order valence-electron chi connectivity index (χ1n) is 8.66. The van der Waals surface area contributed by atoms with Crippen LogP contribution in [0.15, 0.2) is 30.3 Å². The summed E-state index contributed by atoms with van der Waals surface area (Å²) in [6, 6.07) is 10.8. The Kier molecular flexibility index (Phi) is 13.5. The zero-order valence-electron chi connectivity index (χ0n) is 14.9. The number of hydrogen-bond donors (Lipinski definition) is 2. The Hall–Kier alpha value is -1.88. The molecular weight excluding hydrogens is 306 g/mol. The van der Waals surface area contributed by atoms with E-state index < -0.39 is 11.9 Å². The molecule has 0 radical (unpaired) electrons. The summed E-state index contributed by atoms with van der Waals surface area (Å²) < 4.78 is 0. The molecule has 0 fully saturated rings. The zero-order valence-corrected chi connectivity index (χ0v) is 14.9. The summed E-state index contributed by atoms with van der Waals surface area (Å²) in [6.45, 7) is 4.76. The maximum Gasteiger partial charge on any atom is 0.414 e. The van der Waals surface area contributed by atoms with E-state index >= 15 is 0 Å². The molecule has 5 heteroatoms. The monoisotopic (exact) mass is 337 g/mol. The molecule has 0 aliphatic carbocycles. The van der Waals surface area contributed by atoms with Gasteiger partial charge in [0.2, 0.25) is 0 Å². The van der Waals surface area contributed by atoms with Crippen LogP contribution in [-0.4, -0.2) is 47.2 Å². The number of carboxylic acids is 2. The Morgan fingerprint density at radius 1 is 0.875 bits per heavy atom. The van der Waals surface area contributed by atoms with Gasteiger partial charge in [-0.1, -0.05) is 62.9 Å². The maximum absolute atomic E-state index is 9.10. The third-order valence-corrected chi connectivity index (χ3v) is 3.67. The fraction of sp³-hybridized carbons (Fsp3) is 0.579. The smallest absolute Gasteiger partial charge is 0.414 e. The summed E-state index contributed by atoms with van der Waals surface area (Å²) >= 11 is 0. The van der Waals surface area contributed by atoms with Gasteiger partial charge in [-0.25, -0.2) is 9.59 Å². The van der Waals surface area contributed by atoms with Crippen LogP contribution in [-0.2, 0) is 16.0 Å². The standard InChI is InChI=1S/C17H29N.C2H2O4/c1-3-4-5-6-10-15-18(2)16-11-14-17-12-8-7-9-13-17;3-1(4)2(5)6/h7-9,12-13H,3-6,10-11,14-16H2,1-2H3;(H,3,4)(H,5,6). The number of aliphatic carboxylic acids is 2. The van der Waals surface area contributed by atoms with Gasteiger partial charge in [0.25, 0.3) is 0 Å². The van der Waals surface area contributed by atoms with Crippen LogP contribution in [0.1, 0.15) is 51.0 Å². The summed E-state index contributed by atoms with van der Waals surface area (Å²) in [4.78, 5) is 20.7. The molecule has 0 bridgehead atoms. The highest BCUT2D eigenvalue weighted by molar-refractivity contribution is 6.27. The molecule has 0 spiro atoms. The second-order valence-electron chi connectivity index (χ2n) is 5.92. The molecule has 24 heavy (non-hydrogen) atoms. The average molecular weight is 337 g/mol. The molecule has 0 saturated carbocycles. The molecule has 0 heterocycles. The largest absolute Gasteiger partial charge is 0.473 e. The molecule has 0 atom stereocenters. The SMILES string of the molecule is CCCCCCCN(C)CCCc1ccccc1.O=C(O)C(=O)O. The Labute approximate surface area is 145 Å². The van der Waals surface area contributed by atoms with Crippen molar-refractivity contribution in [3.8, 4) is 0 Å². The van der Waals surface area contributed by atoms with Crippen LogP contribution in [0.5, 0.6) is 0 Å². The molecule has 0 amide bonds. The number of unbranched alkanes of at least 4 members (excludes halogenated alkanes) is 4. The van der Waals surface area contributed by atoms with Crippen LogP contribution >= 0.6 is 0 Å². The summed E-state index contributed by atoms with van der Waals surface area (Å²) in [5.74, 6) is -3.65. The Morgan fingerprint density at radius 2 is 1.42 bits per heavy atom. The van der Waals surface area contributed by atoms with Crippen molar-refractivity contribution < 1.29 is 19.8 Å². The second-order valence-corrected chi connectivity index (χ2v) is 5.92. The molecule has 0 unspecified atom stereocenters. The van der Waals surface area contributed by atoms with E-state index in [1.54, 1.807) is 0 Å². The van der Waals surface area contributed by atoms with Crippen molar-refractivity contribution in [1.29, 1.82) is 0 Å². The van der Waals surface area contributed by atoms with E-state index in [9.17, 15) is 0 Å². The predicted octanol–water partition coefficient (Wildman–Crippen LogP) is 3.68. The first kappa shape index (κ1) is 22.1. The Balaban J connectivity index is 0.000000754. The Morgan fingerprint density at radius 3 is 1.96 bits per heavy atom. The lowest BCUT2D eigenvalue weighted by atomic mass is 10.1. The van der Waals surface area contributed by atoms with Gasteiger partial charge in [-0.2, -0.15) is 0 Å². The lowest BCUT2D eigenvalue weighted by Crippen LogP contribution is -2.21. The topological polar surface area (TPSA) is 77.8 Å². The van der Waals surface area contributed by atoms with Gasteiger partial charge in [0.15, 0.2) is 0 Å². The quantitative estimate of drug-likeness (QED) is 0.503. The van der Waals surface area contributed by atoms with Gasteiger partial charge >= 0.3 is 11.9 Å².